The van der Waals surface area contributed by atoms with Crippen molar-refractivity contribution in [2.75, 3.05) is 13.2 Å². The SMILES string of the molecule is Cc1oc2c(c1C(=O)N[C@H](C)c1cc(=O)n3[nH]c(C4CCOCC4)cc3n1)CCCC2. The first kappa shape index (κ1) is 20.1. The molecule has 8 heteroatoms. The van der Waals surface area contributed by atoms with Crippen LogP contribution in [0.25, 0.3) is 5.65 Å². The zero-order chi connectivity index (χ0) is 21.5. The molecule has 0 spiro atoms. The van der Waals surface area contributed by atoms with Crippen molar-refractivity contribution in [1.82, 2.24) is 19.9 Å². The van der Waals surface area contributed by atoms with Crippen molar-refractivity contribution in [2.45, 2.75) is 64.3 Å². The molecule has 2 N–H and O–H groups in total. The van der Waals surface area contributed by atoms with Crippen LogP contribution in [-0.4, -0.2) is 33.7 Å². The molecule has 3 aromatic heterocycles. The molecule has 0 bridgehead atoms. The Kier molecular flexibility index (Phi) is 5.17. The van der Waals surface area contributed by atoms with Gasteiger partial charge in [0.15, 0.2) is 5.65 Å². The Morgan fingerprint density at radius 3 is 2.84 bits per heavy atom. The Bertz CT molecular complexity index is 1180. The monoisotopic (exact) mass is 424 g/mol. The average molecular weight is 425 g/mol. The van der Waals surface area contributed by atoms with Gasteiger partial charge in [0.05, 0.1) is 17.3 Å². The standard InChI is InChI=1S/C23H28N4O4/c1-13(24-23(29)22-14(2)31-19-6-4-3-5-16(19)22)17-12-21(28)27-20(25-17)11-18(26-27)15-7-9-30-10-8-15/h11-13,15,26H,3-10H2,1-2H3,(H,24,29)/t13-/m1/s1. The molecule has 1 fully saturated rings. The lowest BCUT2D eigenvalue weighted by Gasteiger charge is -2.20. The van der Waals surface area contributed by atoms with Gasteiger partial charge < -0.3 is 14.5 Å². The van der Waals surface area contributed by atoms with Crippen molar-refractivity contribution in [3.05, 3.63) is 56.5 Å². The summed E-state index contributed by atoms with van der Waals surface area (Å²) in [5, 5.41) is 6.21. The number of nitrogens with one attached hydrogen (secondary N) is 2. The summed E-state index contributed by atoms with van der Waals surface area (Å²) in [6, 6.07) is 3.02. The molecule has 0 unspecified atom stereocenters. The number of aromatic nitrogens is 3. The quantitative estimate of drug-likeness (QED) is 0.670. The summed E-state index contributed by atoms with van der Waals surface area (Å²) >= 11 is 0. The summed E-state index contributed by atoms with van der Waals surface area (Å²) in [5.74, 6) is 1.76. The van der Waals surface area contributed by atoms with Gasteiger partial charge in [-0.15, -0.1) is 0 Å². The van der Waals surface area contributed by atoms with E-state index in [9.17, 15) is 9.59 Å². The van der Waals surface area contributed by atoms with E-state index < -0.39 is 6.04 Å². The third-order valence-corrected chi connectivity index (χ3v) is 6.52. The Morgan fingerprint density at radius 2 is 2.03 bits per heavy atom. The van der Waals surface area contributed by atoms with Gasteiger partial charge in [0, 0.05) is 48.9 Å². The summed E-state index contributed by atoms with van der Waals surface area (Å²) in [6.07, 6.45) is 5.77. The molecule has 164 valence electrons. The smallest absolute Gasteiger partial charge is 0.272 e. The fraction of sp³-hybridized carbons (Fsp3) is 0.522. The fourth-order valence-corrected chi connectivity index (χ4v) is 4.81. The van der Waals surface area contributed by atoms with E-state index in [4.69, 9.17) is 9.15 Å². The number of aryl methyl sites for hydroxylation is 2. The number of carbonyl (C=O) groups excluding carboxylic acids is 1. The molecule has 4 heterocycles. The van der Waals surface area contributed by atoms with E-state index in [0.29, 0.717) is 28.6 Å². The summed E-state index contributed by atoms with van der Waals surface area (Å²) in [5.41, 5.74) is 3.61. The maximum Gasteiger partial charge on any atom is 0.272 e. The van der Waals surface area contributed by atoms with E-state index in [1.165, 1.54) is 10.6 Å². The van der Waals surface area contributed by atoms with E-state index in [0.717, 1.165) is 68.8 Å². The van der Waals surface area contributed by atoms with Crippen molar-refractivity contribution >= 4 is 11.6 Å². The Balaban J connectivity index is 1.39. The van der Waals surface area contributed by atoms with E-state index >= 15 is 0 Å². The molecule has 1 atom stereocenters. The zero-order valence-electron chi connectivity index (χ0n) is 18.0. The molecule has 0 aromatic carbocycles. The van der Waals surface area contributed by atoms with Crippen molar-refractivity contribution in [3.8, 4) is 0 Å². The summed E-state index contributed by atoms with van der Waals surface area (Å²) < 4.78 is 12.7. The highest BCUT2D eigenvalue weighted by molar-refractivity contribution is 5.97. The molecular weight excluding hydrogens is 396 g/mol. The van der Waals surface area contributed by atoms with Crippen LogP contribution in [0.4, 0.5) is 0 Å². The van der Waals surface area contributed by atoms with Crippen LogP contribution < -0.4 is 10.9 Å². The molecule has 0 radical (unpaired) electrons. The lowest BCUT2D eigenvalue weighted by Crippen LogP contribution is -2.30. The second-order valence-electron chi connectivity index (χ2n) is 8.65. The minimum atomic E-state index is -0.403. The first-order chi connectivity index (χ1) is 15.0. The topological polar surface area (TPSA) is 102 Å². The summed E-state index contributed by atoms with van der Waals surface area (Å²) in [6.45, 7) is 5.15. The molecule has 5 rings (SSSR count). The molecule has 3 aromatic rings. The highest BCUT2D eigenvalue weighted by Crippen LogP contribution is 2.30. The summed E-state index contributed by atoms with van der Waals surface area (Å²) in [4.78, 5) is 30.4. The Morgan fingerprint density at radius 1 is 1.26 bits per heavy atom. The van der Waals surface area contributed by atoms with Gasteiger partial charge in [-0.05, 0) is 46.0 Å². The third-order valence-electron chi connectivity index (χ3n) is 6.52. The van der Waals surface area contributed by atoms with Crippen LogP contribution >= 0.6 is 0 Å². The van der Waals surface area contributed by atoms with E-state index in [1.807, 2.05) is 19.9 Å². The lowest BCUT2D eigenvalue weighted by atomic mass is 9.94. The van der Waals surface area contributed by atoms with Crippen LogP contribution in [0.15, 0.2) is 21.3 Å². The van der Waals surface area contributed by atoms with Crippen molar-refractivity contribution in [1.29, 1.82) is 0 Å². The highest BCUT2D eigenvalue weighted by Gasteiger charge is 2.26. The number of carbonyl (C=O) groups is 1. The van der Waals surface area contributed by atoms with Crippen LogP contribution in [-0.2, 0) is 17.6 Å². The molecular formula is C23H28N4O4. The molecule has 8 nitrogen and oxygen atoms in total. The number of rotatable bonds is 4. The average Bonchev–Trinajstić information content (AvgIpc) is 3.35. The van der Waals surface area contributed by atoms with Crippen LogP contribution in [0.5, 0.6) is 0 Å². The third kappa shape index (κ3) is 3.69. The first-order valence-electron chi connectivity index (χ1n) is 11.1. The Labute approximate surface area is 180 Å². The van der Waals surface area contributed by atoms with Crippen LogP contribution in [0.3, 0.4) is 0 Å². The number of amides is 1. The number of hydrogen-bond donors (Lipinski definition) is 2. The van der Waals surface area contributed by atoms with Gasteiger partial charge in [-0.2, -0.15) is 0 Å². The molecule has 1 aliphatic heterocycles. The minimum Gasteiger partial charge on any atom is -0.465 e. The van der Waals surface area contributed by atoms with E-state index in [1.54, 1.807) is 0 Å². The fourth-order valence-electron chi connectivity index (χ4n) is 4.81. The van der Waals surface area contributed by atoms with Crippen molar-refractivity contribution in [3.63, 3.8) is 0 Å². The van der Waals surface area contributed by atoms with Gasteiger partial charge in [-0.25, -0.2) is 9.50 Å². The van der Waals surface area contributed by atoms with E-state index in [2.05, 4.69) is 15.4 Å². The molecule has 2 aliphatic rings. The molecule has 31 heavy (non-hydrogen) atoms. The second-order valence-corrected chi connectivity index (χ2v) is 8.65. The van der Waals surface area contributed by atoms with Crippen molar-refractivity contribution in [2.24, 2.45) is 0 Å². The predicted octanol–water partition coefficient (Wildman–Crippen LogP) is 3.19. The molecule has 1 saturated heterocycles. The minimum absolute atomic E-state index is 0.170. The number of aromatic amines is 1. The summed E-state index contributed by atoms with van der Waals surface area (Å²) in [7, 11) is 0. The lowest BCUT2D eigenvalue weighted by molar-refractivity contribution is 0.0844. The molecule has 1 aliphatic carbocycles. The number of nitrogens with zero attached hydrogens (tertiary/aromatic N) is 2. The van der Waals surface area contributed by atoms with Crippen LogP contribution in [0, 0.1) is 6.92 Å². The predicted molar refractivity (Wildman–Crippen MR) is 115 cm³/mol. The second kappa shape index (κ2) is 8.00. The van der Waals surface area contributed by atoms with Crippen LogP contribution in [0.2, 0.25) is 0 Å². The number of ether oxygens (including phenoxy) is 1. The first-order valence-corrected chi connectivity index (χ1v) is 11.1. The largest absolute Gasteiger partial charge is 0.465 e. The number of fused-ring (bicyclic) bond motifs is 2. The van der Waals surface area contributed by atoms with Crippen molar-refractivity contribution < 1.29 is 13.9 Å². The van der Waals surface area contributed by atoms with Gasteiger partial charge in [-0.1, -0.05) is 0 Å². The maximum absolute atomic E-state index is 13.0. The number of furan rings is 1. The van der Waals surface area contributed by atoms with Crippen LogP contribution in [0.1, 0.15) is 83.4 Å². The van der Waals surface area contributed by atoms with Gasteiger partial charge in [0.1, 0.15) is 11.5 Å². The molecule has 0 saturated carbocycles. The molecule has 1 amide bonds. The zero-order valence-corrected chi connectivity index (χ0v) is 18.0. The highest BCUT2D eigenvalue weighted by atomic mass is 16.5. The van der Waals surface area contributed by atoms with Gasteiger partial charge in [-0.3, -0.25) is 14.7 Å². The van der Waals surface area contributed by atoms with Gasteiger partial charge in [0.25, 0.3) is 11.5 Å². The normalized spacial score (nSPS) is 18.1. The number of hydrogen-bond acceptors (Lipinski definition) is 5. The van der Waals surface area contributed by atoms with Gasteiger partial charge in [0.2, 0.25) is 0 Å². The number of H-pyrrole nitrogens is 1. The Hall–Kier alpha value is -2.87. The maximum atomic E-state index is 13.0. The van der Waals surface area contributed by atoms with Gasteiger partial charge >= 0.3 is 0 Å². The van der Waals surface area contributed by atoms with E-state index in [-0.39, 0.29) is 11.5 Å².